The van der Waals surface area contributed by atoms with Gasteiger partial charge < -0.3 is 15.6 Å². The summed E-state index contributed by atoms with van der Waals surface area (Å²) in [6, 6.07) is 18.2. The molecule has 1 aliphatic carbocycles. The number of benzene rings is 3. The predicted octanol–water partition coefficient (Wildman–Crippen LogP) is 5.85. The standard InChI is InChI=1S/C33H36F3NO6S/c34-33(35,36)27-12-16-29(17-13-27)44(41,42)21-23-6-10-25(11-7-23)31(39)19-26(24-4-2-1-3-5-24)20-43-32(40)30(37)18-22-8-14-28(38)15-9-22/h1-5,8-9,12-17,23,25-26,30,38H,6-7,10-11,18-21,37H2/t23?,25?,26-,30+/m1/s1. The quantitative estimate of drug-likeness (QED) is 0.241. The molecule has 2 atom stereocenters. The van der Waals surface area contributed by atoms with Gasteiger partial charge in [-0.3, -0.25) is 9.59 Å². The maximum absolute atomic E-state index is 13.4. The topological polar surface area (TPSA) is 124 Å². The summed E-state index contributed by atoms with van der Waals surface area (Å²) < 4.78 is 69.8. The number of sulfone groups is 1. The number of esters is 1. The molecule has 0 bridgehead atoms. The highest BCUT2D eigenvalue weighted by atomic mass is 32.2. The molecule has 0 unspecified atom stereocenters. The van der Waals surface area contributed by atoms with Gasteiger partial charge in [0.1, 0.15) is 17.6 Å². The summed E-state index contributed by atoms with van der Waals surface area (Å²) in [6.07, 6.45) is -2.15. The molecule has 3 N–H and O–H groups in total. The molecule has 0 saturated heterocycles. The number of hydrogen-bond acceptors (Lipinski definition) is 7. The molecule has 0 aliphatic heterocycles. The van der Waals surface area contributed by atoms with Crippen LogP contribution in [0.4, 0.5) is 13.2 Å². The highest BCUT2D eigenvalue weighted by Gasteiger charge is 2.33. The Labute approximate surface area is 255 Å². The van der Waals surface area contributed by atoms with Gasteiger partial charge in [-0.05, 0) is 85.5 Å². The number of ether oxygens (including phenoxy) is 1. The number of nitrogens with two attached hydrogens (primary N) is 1. The van der Waals surface area contributed by atoms with Crippen LogP contribution in [0.2, 0.25) is 0 Å². The molecule has 7 nitrogen and oxygen atoms in total. The Balaban J connectivity index is 1.31. The van der Waals surface area contributed by atoms with Crippen LogP contribution in [0.3, 0.4) is 0 Å². The lowest BCUT2D eigenvalue weighted by molar-refractivity contribution is -0.146. The van der Waals surface area contributed by atoms with Crippen molar-refractivity contribution in [3.63, 3.8) is 0 Å². The molecule has 1 saturated carbocycles. The van der Waals surface area contributed by atoms with E-state index in [9.17, 15) is 36.3 Å². The van der Waals surface area contributed by atoms with Gasteiger partial charge in [0.2, 0.25) is 0 Å². The van der Waals surface area contributed by atoms with Crippen LogP contribution in [0.1, 0.15) is 54.7 Å². The zero-order valence-corrected chi connectivity index (χ0v) is 24.9. The summed E-state index contributed by atoms with van der Waals surface area (Å²) in [5, 5.41) is 9.45. The number of ketones is 1. The van der Waals surface area contributed by atoms with Gasteiger partial charge in [-0.25, -0.2) is 8.42 Å². The van der Waals surface area contributed by atoms with Gasteiger partial charge in [-0.15, -0.1) is 0 Å². The van der Waals surface area contributed by atoms with Crippen molar-refractivity contribution in [1.82, 2.24) is 0 Å². The summed E-state index contributed by atoms with van der Waals surface area (Å²) in [5.41, 5.74) is 6.76. The van der Waals surface area contributed by atoms with Crippen molar-refractivity contribution in [3.8, 4) is 5.75 Å². The normalized spacial score (nSPS) is 18.7. The van der Waals surface area contributed by atoms with Crippen LogP contribution in [-0.4, -0.2) is 43.7 Å². The number of phenolic OH excluding ortho intramolecular Hbond substituents is 1. The van der Waals surface area contributed by atoms with Crippen LogP contribution in [0.5, 0.6) is 5.75 Å². The largest absolute Gasteiger partial charge is 0.508 e. The van der Waals surface area contributed by atoms with E-state index in [1.807, 2.05) is 30.3 Å². The maximum atomic E-state index is 13.4. The molecule has 0 radical (unpaired) electrons. The highest BCUT2D eigenvalue weighted by molar-refractivity contribution is 7.91. The van der Waals surface area contributed by atoms with Gasteiger partial charge in [0.05, 0.1) is 22.8 Å². The van der Waals surface area contributed by atoms with Gasteiger partial charge in [-0.1, -0.05) is 42.5 Å². The van der Waals surface area contributed by atoms with Crippen molar-refractivity contribution in [2.24, 2.45) is 17.6 Å². The monoisotopic (exact) mass is 631 g/mol. The van der Waals surface area contributed by atoms with Crippen LogP contribution in [0, 0.1) is 11.8 Å². The molecule has 236 valence electrons. The molecule has 3 aromatic carbocycles. The van der Waals surface area contributed by atoms with E-state index in [1.54, 1.807) is 12.1 Å². The second kappa shape index (κ2) is 14.4. The number of halogens is 3. The van der Waals surface area contributed by atoms with Crippen LogP contribution in [-0.2, 0) is 36.8 Å². The number of alkyl halides is 3. The molecule has 0 heterocycles. The lowest BCUT2D eigenvalue weighted by Gasteiger charge is -2.28. The lowest BCUT2D eigenvalue weighted by Crippen LogP contribution is -2.35. The van der Waals surface area contributed by atoms with Crippen LogP contribution < -0.4 is 5.73 Å². The average molecular weight is 632 g/mol. The number of hydrogen-bond donors (Lipinski definition) is 2. The van der Waals surface area contributed by atoms with Crippen LogP contribution in [0.25, 0.3) is 0 Å². The van der Waals surface area contributed by atoms with E-state index in [1.165, 1.54) is 12.1 Å². The first kappa shape index (κ1) is 33.2. The Kier molecular flexibility index (Phi) is 10.9. The van der Waals surface area contributed by atoms with E-state index in [2.05, 4.69) is 0 Å². The third kappa shape index (κ3) is 9.15. The van der Waals surface area contributed by atoms with Gasteiger partial charge in [0, 0.05) is 18.3 Å². The van der Waals surface area contributed by atoms with Crippen LogP contribution in [0.15, 0.2) is 83.8 Å². The Morgan fingerprint density at radius 1 is 0.909 bits per heavy atom. The maximum Gasteiger partial charge on any atom is 0.416 e. The minimum atomic E-state index is -4.55. The molecule has 1 fully saturated rings. The molecule has 3 aromatic rings. The zero-order chi connectivity index (χ0) is 31.9. The van der Waals surface area contributed by atoms with Crippen LogP contribution >= 0.6 is 0 Å². The van der Waals surface area contributed by atoms with Gasteiger partial charge in [0.15, 0.2) is 9.84 Å². The summed E-state index contributed by atoms with van der Waals surface area (Å²) in [7, 11) is -3.78. The minimum Gasteiger partial charge on any atom is -0.508 e. The van der Waals surface area contributed by atoms with Gasteiger partial charge >= 0.3 is 12.1 Å². The predicted molar refractivity (Wildman–Crippen MR) is 158 cm³/mol. The Hall–Kier alpha value is -3.70. The number of carbonyl (C=O) groups excluding carboxylic acids is 2. The second-order valence-electron chi connectivity index (χ2n) is 11.4. The Morgan fingerprint density at radius 3 is 2.11 bits per heavy atom. The van der Waals surface area contributed by atoms with E-state index < -0.39 is 33.6 Å². The van der Waals surface area contributed by atoms with E-state index >= 15 is 0 Å². The molecule has 0 amide bonds. The number of carbonyl (C=O) groups is 2. The van der Waals surface area contributed by atoms with Crippen molar-refractivity contribution in [1.29, 1.82) is 0 Å². The molecule has 0 aromatic heterocycles. The molecule has 0 spiro atoms. The summed E-state index contributed by atoms with van der Waals surface area (Å²) >= 11 is 0. The van der Waals surface area contributed by atoms with Crippen molar-refractivity contribution in [2.75, 3.05) is 12.4 Å². The smallest absolute Gasteiger partial charge is 0.416 e. The molecule has 4 rings (SSSR count). The first-order chi connectivity index (χ1) is 20.8. The average Bonchev–Trinajstić information content (AvgIpc) is 3.00. The van der Waals surface area contributed by atoms with Crippen molar-refractivity contribution < 1.29 is 41.0 Å². The van der Waals surface area contributed by atoms with E-state index in [0.717, 1.165) is 35.4 Å². The number of aromatic hydroxyl groups is 1. The Bertz CT molecular complexity index is 1500. The fourth-order valence-corrected chi connectivity index (χ4v) is 7.27. The lowest BCUT2D eigenvalue weighted by atomic mass is 9.78. The molecular formula is C33H36F3NO6S. The number of rotatable bonds is 12. The molecular weight excluding hydrogens is 595 g/mol. The molecule has 44 heavy (non-hydrogen) atoms. The first-order valence-electron chi connectivity index (χ1n) is 14.5. The number of phenols is 1. The van der Waals surface area contributed by atoms with E-state index in [-0.39, 0.29) is 59.4 Å². The fraction of sp³-hybridized carbons (Fsp3) is 0.394. The summed E-state index contributed by atoms with van der Waals surface area (Å²) in [6.45, 7) is -0.0292. The summed E-state index contributed by atoms with van der Waals surface area (Å²) in [5.74, 6) is -1.52. The fourth-order valence-electron chi connectivity index (χ4n) is 5.58. The third-order valence-electron chi connectivity index (χ3n) is 8.14. The van der Waals surface area contributed by atoms with E-state index in [0.29, 0.717) is 25.7 Å². The highest BCUT2D eigenvalue weighted by Crippen LogP contribution is 2.35. The third-order valence-corrected chi connectivity index (χ3v) is 10.0. The van der Waals surface area contributed by atoms with Crippen molar-refractivity contribution in [2.45, 2.75) is 61.6 Å². The SMILES string of the molecule is N[C@@H](Cc1ccc(O)cc1)C(=O)OC[C@@H](CC(=O)C1CCC(CS(=O)(=O)c2ccc(C(F)(F)F)cc2)CC1)c1ccccc1. The minimum absolute atomic E-state index is 0.00680. The number of Topliss-reactive ketones (excluding diaryl/α,β-unsaturated/α-hetero) is 1. The van der Waals surface area contributed by atoms with Crippen molar-refractivity contribution in [3.05, 3.63) is 95.6 Å². The Morgan fingerprint density at radius 2 is 1.52 bits per heavy atom. The second-order valence-corrected chi connectivity index (χ2v) is 13.4. The van der Waals surface area contributed by atoms with Gasteiger partial charge in [0.25, 0.3) is 0 Å². The van der Waals surface area contributed by atoms with Gasteiger partial charge in [-0.2, -0.15) is 13.2 Å². The zero-order valence-electron chi connectivity index (χ0n) is 24.1. The first-order valence-corrected chi connectivity index (χ1v) is 16.1. The van der Waals surface area contributed by atoms with Crippen molar-refractivity contribution >= 4 is 21.6 Å². The molecule has 1 aliphatic rings. The molecule has 11 heteroatoms. The van der Waals surface area contributed by atoms with E-state index in [4.69, 9.17) is 10.5 Å². The summed E-state index contributed by atoms with van der Waals surface area (Å²) in [4.78, 5) is 25.9.